The molecule has 3 aromatic rings. The van der Waals surface area contributed by atoms with Gasteiger partial charge in [0.05, 0.1) is 11.2 Å². The lowest BCUT2D eigenvalue weighted by Crippen LogP contribution is -2.35. The minimum Gasteiger partial charge on any atom is -0.380 e. The van der Waals surface area contributed by atoms with Gasteiger partial charge in [0, 0.05) is 33.2 Å². The molecule has 158 valence electrons. The fraction of sp³-hybridized carbons (Fsp3) is 0.320. The average Bonchev–Trinajstić information content (AvgIpc) is 2.71. The van der Waals surface area contributed by atoms with Crippen molar-refractivity contribution in [3.8, 4) is 0 Å². The zero-order valence-electron chi connectivity index (χ0n) is 18.0. The molecule has 0 aliphatic rings. The standard InChI is InChI=1S/C25H29Cl2N3/c1-5-30(4)15-14-25(2,3)29-24-17-20(12-10-18-8-6-7-9-22(18)27)28-23-16-19(26)11-13-21(23)24/h6-13,16-17H,5,14-15H2,1-4H3,(H,28,29)/b12-10+. The van der Waals surface area contributed by atoms with Crippen molar-refractivity contribution in [1.29, 1.82) is 0 Å². The third kappa shape index (κ3) is 5.98. The summed E-state index contributed by atoms with van der Waals surface area (Å²) in [5.41, 5.74) is 3.67. The second-order valence-electron chi connectivity index (χ2n) is 8.27. The smallest absolute Gasteiger partial charge is 0.0744 e. The Morgan fingerprint density at radius 2 is 1.83 bits per heavy atom. The highest BCUT2D eigenvalue weighted by Crippen LogP contribution is 2.30. The molecule has 0 saturated heterocycles. The van der Waals surface area contributed by atoms with Gasteiger partial charge in [-0.25, -0.2) is 4.98 Å². The largest absolute Gasteiger partial charge is 0.380 e. The van der Waals surface area contributed by atoms with Crippen molar-refractivity contribution in [2.45, 2.75) is 32.7 Å². The molecule has 0 saturated carbocycles. The molecule has 1 N–H and O–H groups in total. The summed E-state index contributed by atoms with van der Waals surface area (Å²) in [5.74, 6) is 0. The molecule has 5 heteroatoms. The molecule has 0 radical (unpaired) electrons. The minimum atomic E-state index is -0.0684. The van der Waals surface area contributed by atoms with E-state index < -0.39 is 0 Å². The summed E-state index contributed by atoms with van der Waals surface area (Å²) < 4.78 is 0. The Kier molecular flexibility index (Phi) is 7.41. The summed E-state index contributed by atoms with van der Waals surface area (Å²) in [7, 11) is 2.15. The van der Waals surface area contributed by atoms with Crippen molar-refractivity contribution >= 4 is 51.9 Å². The Morgan fingerprint density at radius 1 is 1.07 bits per heavy atom. The Hall–Kier alpha value is -2.07. The number of hydrogen-bond acceptors (Lipinski definition) is 3. The molecule has 2 aromatic carbocycles. The first-order chi connectivity index (χ1) is 14.3. The van der Waals surface area contributed by atoms with Crippen LogP contribution in [-0.2, 0) is 0 Å². The molecule has 0 amide bonds. The van der Waals surface area contributed by atoms with Gasteiger partial charge in [-0.05, 0) is 75.8 Å². The number of halogens is 2. The summed E-state index contributed by atoms with van der Waals surface area (Å²) >= 11 is 12.5. The summed E-state index contributed by atoms with van der Waals surface area (Å²) in [4.78, 5) is 7.12. The van der Waals surface area contributed by atoms with E-state index in [2.05, 4.69) is 44.1 Å². The Balaban J connectivity index is 1.95. The fourth-order valence-electron chi connectivity index (χ4n) is 3.25. The summed E-state index contributed by atoms with van der Waals surface area (Å²) in [6.07, 6.45) is 5.01. The molecule has 0 aliphatic carbocycles. The second kappa shape index (κ2) is 9.82. The van der Waals surface area contributed by atoms with Crippen LogP contribution in [0.3, 0.4) is 0 Å². The molecule has 3 rings (SSSR count). The van der Waals surface area contributed by atoms with E-state index in [4.69, 9.17) is 28.2 Å². The lowest BCUT2D eigenvalue weighted by atomic mass is 9.99. The van der Waals surface area contributed by atoms with Crippen LogP contribution in [0.5, 0.6) is 0 Å². The number of nitrogens with one attached hydrogen (secondary N) is 1. The molecule has 1 aromatic heterocycles. The van der Waals surface area contributed by atoms with Gasteiger partial charge in [0.25, 0.3) is 0 Å². The third-order valence-electron chi connectivity index (χ3n) is 5.26. The van der Waals surface area contributed by atoms with Crippen LogP contribution in [0.25, 0.3) is 23.1 Å². The van der Waals surface area contributed by atoms with Gasteiger partial charge < -0.3 is 10.2 Å². The molecule has 0 spiro atoms. The highest BCUT2D eigenvalue weighted by atomic mass is 35.5. The van der Waals surface area contributed by atoms with Gasteiger partial charge in [-0.15, -0.1) is 0 Å². The van der Waals surface area contributed by atoms with E-state index in [9.17, 15) is 0 Å². The first-order valence-corrected chi connectivity index (χ1v) is 11.0. The monoisotopic (exact) mass is 441 g/mol. The van der Waals surface area contributed by atoms with Gasteiger partial charge in [-0.3, -0.25) is 0 Å². The van der Waals surface area contributed by atoms with Crippen LogP contribution in [0.4, 0.5) is 5.69 Å². The van der Waals surface area contributed by atoms with Crippen LogP contribution >= 0.6 is 23.2 Å². The maximum atomic E-state index is 6.29. The van der Waals surface area contributed by atoms with Crippen LogP contribution in [0.15, 0.2) is 48.5 Å². The van der Waals surface area contributed by atoms with Crippen LogP contribution in [-0.4, -0.2) is 35.6 Å². The number of fused-ring (bicyclic) bond motifs is 1. The topological polar surface area (TPSA) is 28.2 Å². The number of pyridine rings is 1. The highest BCUT2D eigenvalue weighted by molar-refractivity contribution is 6.32. The molecule has 0 unspecified atom stereocenters. The van der Waals surface area contributed by atoms with E-state index in [1.54, 1.807) is 0 Å². The Bertz CT molecular complexity index is 1040. The number of benzene rings is 2. The molecule has 0 bridgehead atoms. The van der Waals surface area contributed by atoms with Crippen molar-refractivity contribution in [1.82, 2.24) is 9.88 Å². The first kappa shape index (κ1) is 22.6. The van der Waals surface area contributed by atoms with E-state index in [1.165, 1.54) is 0 Å². The highest BCUT2D eigenvalue weighted by Gasteiger charge is 2.19. The molecule has 3 nitrogen and oxygen atoms in total. The molecule has 0 atom stereocenters. The van der Waals surface area contributed by atoms with Gasteiger partial charge in [-0.2, -0.15) is 0 Å². The van der Waals surface area contributed by atoms with Gasteiger partial charge >= 0.3 is 0 Å². The number of hydrogen-bond donors (Lipinski definition) is 1. The normalized spacial score (nSPS) is 12.2. The Labute approximate surface area is 189 Å². The quantitative estimate of drug-likeness (QED) is 0.398. The van der Waals surface area contributed by atoms with Gasteiger partial charge in [0.2, 0.25) is 0 Å². The third-order valence-corrected chi connectivity index (χ3v) is 5.84. The van der Waals surface area contributed by atoms with E-state index in [0.717, 1.165) is 52.4 Å². The van der Waals surface area contributed by atoms with E-state index in [0.29, 0.717) is 5.02 Å². The average molecular weight is 442 g/mol. The van der Waals surface area contributed by atoms with Gasteiger partial charge in [0.15, 0.2) is 0 Å². The minimum absolute atomic E-state index is 0.0684. The van der Waals surface area contributed by atoms with Crippen LogP contribution < -0.4 is 5.32 Å². The lowest BCUT2D eigenvalue weighted by Gasteiger charge is -2.30. The van der Waals surface area contributed by atoms with E-state index in [1.807, 2.05) is 54.6 Å². The van der Waals surface area contributed by atoms with Crippen LogP contribution in [0.1, 0.15) is 38.4 Å². The number of rotatable bonds is 8. The van der Waals surface area contributed by atoms with Gasteiger partial charge in [-0.1, -0.05) is 54.4 Å². The molecule has 30 heavy (non-hydrogen) atoms. The fourth-order valence-corrected chi connectivity index (χ4v) is 3.62. The SMILES string of the molecule is CCN(C)CCC(C)(C)Nc1cc(/C=C/c2ccccc2Cl)nc2cc(Cl)ccc12. The predicted molar refractivity (Wildman–Crippen MR) is 133 cm³/mol. The molecular formula is C25H29Cl2N3. The van der Waals surface area contributed by atoms with Gasteiger partial charge in [0.1, 0.15) is 0 Å². The van der Waals surface area contributed by atoms with Crippen molar-refractivity contribution in [3.63, 3.8) is 0 Å². The van der Waals surface area contributed by atoms with Crippen molar-refractivity contribution in [2.24, 2.45) is 0 Å². The van der Waals surface area contributed by atoms with Crippen LogP contribution in [0, 0.1) is 0 Å². The van der Waals surface area contributed by atoms with Crippen molar-refractivity contribution in [3.05, 3.63) is 69.8 Å². The zero-order valence-corrected chi connectivity index (χ0v) is 19.6. The van der Waals surface area contributed by atoms with E-state index in [-0.39, 0.29) is 5.54 Å². The Morgan fingerprint density at radius 3 is 2.57 bits per heavy atom. The molecule has 0 aliphatic heterocycles. The summed E-state index contributed by atoms with van der Waals surface area (Å²) in [6.45, 7) is 8.72. The molecular weight excluding hydrogens is 413 g/mol. The summed E-state index contributed by atoms with van der Waals surface area (Å²) in [6, 6.07) is 15.7. The number of anilines is 1. The predicted octanol–water partition coefficient (Wildman–Crippen LogP) is 7.24. The zero-order chi connectivity index (χ0) is 21.7. The second-order valence-corrected chi connectivity index (χ2v) is 9.11. The first-order valence-electron chi connectivity index (χ1n) is 10.3. The van der Waals surface area contributed by atoms with E-state index >= 15 is 0 Å². The van der Waals surface area contributed by atoms with Crippen molar-refractivity contribution in [2.75, 3.05) is 25.5 Å². The molecule has 0 fully saturated rings. The molecule has 1 heterocycles. The van der Waals surface area contributed by atoms with Crippen LogP contribution in [0.2, 0.25) is 10.0 Å². The summed E-state index contributed by atoms with van der Waals surface area (Å²) in [5, 5.41) is 6.20. The van der Waals surface area contributed by atoms with Crippen molar-refractivity contribution < 1.29 is 0 Å². The number of nitrogens with zero attached hydrogens (tertiary/aromatic N) is 2. The maximum absolute atomic E-state index is 6.29. The lowest BCUT2D eigenvalue weighted by molar-refractivity contribution is 0.317. The number of aromatic nitrogens is 1. The maximum Gasteiger partial charge on any atom is 0.0744 e.